The van der Waals surface area contributed by atoms with Gasteiger partial charge >= 0.3 is 0 Å². The lowest BCUT2D eigenvalue weighted by atomic mass is 9.98. The van der Waals surface area contributed by atoms with Crippen molar-refractivity contribution in [3.05, 3.63) is 53.3 Å². The highest BCUT2D eigenvalue weighted by Gasteiger charge is 2.21. The van der Waals surface area contributed by atoms with E-state index in [1.807, 2.05) is 10.9 Å². The van der Waals surface area contributed by atoms with Crippen molar-refractivity contribution in [2.24, 2.45) is 5.73 Å². The number of aromatic nitrogens is 2. The Morgan fingerprint density at radius 2 is 2.29 bits per heavy atom. The molecule has 0 aliphatic carbocycles. The molecule has 3 rings (SSSR count). The molecule has 2 unspecified atom stereocenters. The Bertz CT molecular complexity index is 593. The van der Waals surface area contributed by atoms with Crippen LogP contribution in [0.2, 0.25) is 0 Å². The molecule has 0 saturated heterocycles. The Balaban J connectivity index is 1.70. The van der Waals surface area contributed by atoms with Gasteiger partial charge in [-0.1, -0.05) is 31.2 Å². The van der Waals surface area contributed by atoms with Crippen LogP contribution in [0.25, 0.3) is 0 Å². The Kier molecular flexibility index (Phi) is 4.36. The Hall–Kier alpha value is -1.65. The molecule has 0 spiro atoms. The summed E-state index contributed by atoms with van der Waals surface area (Å²) >= 11 is 0. The molecule has 0 fully saturated rings. The van der Waals surface area contributed by atoms with Crippen LogP contribution >= 0.6 is 0 Å². The predicted molar refractivity (Wildman–Crippen MR) is 83.0 cm³/mol. The van der Waals surface area contributed by atoms with Crippen molar-refractivity contribution in [2.75, 3.05) is 6.61 Å². The largest absolute Gasteiger partial charge is 0.371 e. The van der Waals surface area contributed by atoms with Gasteiger partial charge in [-0.2, -0.15) is 5.10 Å². The first-order chi connectivity index (χ1) is 10.3. The van der Waals surface area contributed by atoms with Gasteiger partial charge in [-0.25, -0.2) is 0 Å². The van der Waals surface area contributed by atoms with Crippen molar-refractivity contribution in [1.29, 1.82) is 0 Å². The third-order valence-electron chi connectivity index (χ3n) is 4.15. The van der Waals surface area contributed by atoms with E-state index in [0.717, 1.165) is 32.4 Å². The minimum Gasteiger partial charge on any atom is -0.371 e. The fourth-order valence-corrected chi connectivity index (χ4v) is 2.86. The van der Waals surface area contributed by atoms with E-state index in [-0.39, 0.29) is 12.1 Å². The van der Waals surface area contributed by atoms with Crippen molar-refractivity contribution in [1.82, 2.24) is 9.78 Å². The van der Waals surface area contributed by atoms with E-state index in [1.54, 1.807) is 0 Å². The lowest BCUT2D eigenvalue weighted by Gasteiger charge is -2.25. The minimum absolute atomic E-state index is 0.0996. The molecule has 2 aromatic rings. The SMILES string of the molecule is CCC(N)Cc1cnn(CC2OCCc3ccccc32)c1. The summed E-state index contributed by atoms with van der Waals surface area (Å²) in [4.78, 5) is 0. The maximum Gasteiger partial charge on any atom is 0.102 e. The standard InChI is InChI=1S/C17H23N3O/c1-2-15(18)9-13-10-19-20(11-13)12-17-16-6-4-3-5-14(16)7-8-21-17/h3-6,10-11,15,17H,2,7-9,12,18H2,1H3. The molecule has 0 radical (unpaired) electrons. The molecular weight excluding hydrogens is 262 g/mol. The average molecular weight is 285 g/mol. The van der Waals surface area contributed by atoms with E-state index in [1.165, 1.54) is 16.7 Å². The third kappa shape index (κ3) is 3.34. The zero-order valence-corrected chi connectivity index (χ0v) is 12.5. The van der Waals surface area contributed by atoms with Crippen molar-refractivity contribution >= 4 is 0 Å². The highest BCUT2D eigenvalue weighted by atomic mass is 16.5. The molecule has 4 heteroatoms. The van der Waals surface area contributed by atoms with Gasteiger partial charge in [0.1, 0.15) is 6.10 Å². The van der Waals surface area contributed by atoms with Crippen LogP contribution in [-0.4, -0.2) is 22.4 Å². The molecule has 2 N–H and O–H groups in total. The van der Waals surface area contributed by atoms with Crippen molar-refractivity contribution in [3.63, 3.8) is 0 Å². The van der Waals surface area contributed by atoms with E-state index in [0.29, 0.717) is 0 Å². The quantitative estimate of drug-likeness (QED) is 0.918. The maximum absolute atomic E-state index is 6.00. The summed E-state index contributed by atoms with van der Waals surface area (Å²) < 4.78 is 7.91. The van der Waals surface area contributed by atoms with Crippen LogP contribution in [0.1, 0.15) is 36.1 Å². The summed E-state index contributed by atoms with van der Waals surface area (Å²) in [6.45, 7) is 3.66. The van der Waals surface area contributed by atoms with E-state index in [9.17, 15) is 0 Å². The zero-order valence-electron chi connectivity index (χ0n) is 12.5. The Morgan fingerprint density at radius 1 is 1.43 bits per heavy atom. The monoisotopic (exact) mass is 285 g/mol. The molecule has 1 aromatic heterocycles. The molecular formula is C17H23N3O. The third-order valence-corrected chi connectivity index (χ3v) is 4.15. The molecule has 4 nitrogen and oxygen atoms in total. The zero-order chi connectivity index (χ0) is 14.7. The summed E-state index contributed by atoms with van der Waals surface area (Å²) in [5.41, 5.74) is 9.90. The van der Waals surface area contributed by atoms with Crippen LogP contribution in [0.4, 0.5) is 0 Å². The van der Waals surface area contributed by atoms with Gasteiger partial charge in [-0.05, 0) is 36.0 Å². The number of hydrogen-bond donors (Lipinski definition) is 1. The van der Waals surface area contributed by atoms with Crippen LogP contribution in [0.3, 0.4) is 0 Å². The number of fused-ring (bicyclic) bond motifs is 1. The lowest BCUT2D eigenvalue weighted by molar-refractivity contribution is 0.0283. The minimum atomic E-state index is 0.0996. The van der Waals surface area contributed by atoms with Crippen LogP contribution in [0.5, 0.6) is 0 Å². The molecule has 1 aliphatic rings. The fourth-order valence-electron chi connectivity index (χ4n) is 2.86. The van der Waals surface area contributed by atoms with Crippen molar-refractivity contribution < 1.29 is 4.74 Å². The second-order valence-electron chi connectivity index (χ2n) is 5.75. The molecule has 0 amide bonds. The van der Waals surface area contributed by atoms with E-state index in [4.69, 9.17) is 10.5 Å². The summed E-state index contributed by atoms with van der Waals surface area (Å²) in [6, 6.07) is 8.75. The molecule has 112 valence electrons. The number of benzene rings is 1. The van der Waals surface area contributed by atoms with Crippen molar-refractivity contribution in [3.8, 4) is 0 Å². The summed E-state index contributed by atoms with van der Waals surface area (Å²) in [5, 5.41) is 4.45. The Labute approximate surface area is 125 Å². The lowest BCUT2D eigenvalue weighted by Crippen LogP contribution is -2.21. The molecule has 2 atom stereocenters. The van der Waals surface area contributed by atoms with Crippen LogP contribution in [0, 0.1) is 0 Å². The second kappa shape index (κ2) is 6.41. The molecule has 2 heterocycles. The summed E-state index contributed by atoms with van der Waals surface area (Å²) in [5.74, 6) is 0. The van der Waals surface area contributed by atoms with Gasteiger partial charge in [0.2, 0.25) is 0 Å². The van der Waals surface area contributed by atoms with Gasteiger partial charge in [0, 0.05) is 12.2 Å². The topological polar surface area (TPSA) is 53.1 Å². The van der Waals surface area contributed by atoms with Crippen LogP contribution in [0.15, 0.2) is 36.7 Å². The van der Waals surface area contributed by atoms with Gasteiger partial charge in [-0.3, -0.25) is 4.68 Å². The summed E-state index contributed by atoms with van der Waals surface area (Å²) in [6.07, 6.45) is 6.99. The number of ether oxygens (including phenoxy) is 1. The van der Waals surface area contributed by atoms with E-state index in [2.05, 4.69) is 42.5 Å². The first kappa shape index (κ1) is 14.3. The van der Waals surface area contributed by atoms with Crippen LogP contribution < -0.4 is 5.73 Å². The first-order valence-corrected chi connectivity index (χ1v) is 7.72. The fraction of sp³-hybridized carbons (Fsp3) is 0.471. The number of nitrogens with two attached hydrogens (primary N) is 1. The van der Waals surface area contributed by atoms with Crippen LogP contribution in [-0.2, 0) is 24.1 Å². The molecule has 0 saturated carbocycles. The summed E-state index contributed by atoms with van der Waals surface area (Å²) in [7, 11) is 0. The number of hydrogen-bond acceptors (Lipinski definition) is 3. The van der Waals surface area contributed by atoms with Gasteiger partial charge in [-0.15, -0.1) is 0 Å². The first-order valence-electron chi connectivity index (χ1n) is 7.72. The molecule has 1 aliphatic heterocycles. The van der Waals surface area contributed by atoms with E-state index >= 15 is 0 Å². The van der Waals surface area contributed by atoms with Gasteiger partial charge in [0.25, 0.3) is 0 Å². The maximum atomic E-state index is 6.00. The highest BCUT2D eigenvalue weighted by Crippen LogP contribution is 2.28. The number of nitrogens with zero attached hydrogens (tertiary/aromatic N) is 2. The van der Waals surface area contributed by atoms with Gasteiger partial charge < -0.3 is 10.5 Å². The molecule has 0 bridgehead atoms. The molecule has 21 heavy (non-hydrogen) atoms. The van der Waals surface area contributed by atoms with Gasteiger partial charge in [0.05, 0.1) is 19.3 Å². The predicted octanol–water partition coefficient (Wildman–Crippen LogP) is 2.48. The Morgan fingerprint density at radius 3 is 3.14 bits per heavy atom. The van der Waals surface area contributed by atoms with Gasteiger partial charge in [0.15, 0.2) is 0 Å². The number of rotatable bonds is 5. The second-order valence-corrected chi connectivity index (χ2v) is 5.75. The van der Waals surface area contributed by atoms with E-state index < -0.39 is 0 Å². The molecule has 1 aromatic carbocycles. The normalized spacial score (nSPS) is 19.2. The average Bonchev–Trinajstić information content (AvgIpc) is 2.94. The highest BCUT2D eigenvalue weighted by molar-refractivity contribution is 5.30. The smallest absolute Gasteiger partial charge is 0.102 e. The van der Waals surface area contributed by atoms with Crippen molar-refractivity contribution in [2.45, 2.75) is 44.9 Å².